The molecule has 2 aromatic heterocycles. The van der Waals surface area contributed by atoms with Crippen LogP contribution in [0.1, 0.15) is 66.9 Å². The van der Waals surface area contributed by atoms with Crippen molar-refractivity contribution >= 4 is 5.91 Å². The third-order valence-electron chi connectivity index (χ3n) is 5.05. The van der Waals surface area contributed by atoms with Crippen LogP contribution in [0.5, 0.6) is 0 Å². The predicted molar refractivity (Wildman–Crippen MR) is 84.1 cm³/mol. The van der Waals surface area contributed by atoms with Crippen LogP contribution in [0.15, 0.2) is 29.1 Å². The van der Waals surface area contributed by atoms with Crippen LogP contribution in [0.3, 0.4) is 0 Å². The zero-order valence-electron chi connectivity index (χ0n) is 13.2. The largest absolute Gasteiger partial charge is 0.448 e. The van der Waals surface area contributed by atoms with Crippen LogP contribution in [0, 0.1) is 0 Å². The number of oxazole rings is 1. The van der Waals surface area contributed by atoms with Crippen molar-refractivity contribution in [2.45, 2.75) is 50.5 Å². The lowest BCUT2D eigenvalue weighted by Gasteiger charge is -2.18. The van der Waals surface area contributed by atoms with Gasteiger partial charge in [-0.25, -0.2) is 4.98 Å². The first-order chi connectivity index (χ1) is 11.3. The van der Waals surface area contributed by atoms with Gasteiger partial charge in [0.15, 0.2) is 11.6 Å². The first kappa shape index (κ1) is 14.5. The zero-order chi connectivity index (χ0) is 15.6. The summed E-state index contributed by atoms with van der Waals surface area (Å²) in [5.41, 5.74) is 0.451. The Balaban J connectivity index is 1.42. The van der Waals surface area contributed by atoms with E-state index in [0.717, 1.165) is 31.7 Å². The Bertz CT molecular complexity index is 658. The summed E-state index contributed by atoms with van der Waals surface area (Å²) in [6.45, 7) is 1.43. The van der Waals surface area contributed by atoms with Gasteiger partial charge in [-0.05, 0) is 25.3 Å². The Morgan fingerprint density at radius 2 is 2.09 bits per heavy atom. The van der Waals surface area contributed by atoms with E-state index in [1.54, 1.807) is 6.20 Å². The quantitative estimate of drug-likeness (QED) is 0.873. The normalized spacial score (nSPS) is 22.6. The molecule has 2 fully saturated rings. The molecule has 1 amide bonds. The van der Waals surface area contributed by atoms with Gasteiger partial charge in [0.05, 0.1) is 6.04 Å². The number of hydrogen-bond acceptors (Lipinski definition) is 4. The average Bonchev–Trinajstić information content (AvgIpc) is 3.35. The number of likely N-dealkylation sites (tertiary alicyclic amines) is 1. The molecule has 6 nitrogen and oxygen atoms in total. The molecule has 0 bridgehead atoms. The summed E-state index contributed by atoms with van der Waals surface area (Å²) >= 11 is 0. The molecular weight excluding hydrogens is 292 g/mol. The highest BCUT2D eigenvalue weighted by atomic mass is 16.3. The number of rotatable bonds is 3. The van der Waals surface area contributed by atoms with Crippen LogP contribution in [0.2, 0.25) is 0 Å². The highest BCUT2D eigenvalue weighted by Crippen LogP contribution is 2.32. The Morgan fingerprint density at radius 1 is 1.22 bits per heavy atom. The van der Waals surface area contributed by atoms with Gasteiger partial charge in [0, 0.05) is 31.4 Å². The van der Waals surface area contributed by atoms with Gasteiger partial charge in [0.1, 0.15) is 6.26 Å². The first-order valence-corrected chi connectivity index (χ1v) is 8.55. The monoisotopic (exact) mass is 314 g/mol. The van der Waals surface area contributed by atoms with Crippen molar-refractivity contribution in [3.8, 4) is 0 Å². The second-order valence-corrected chi connectivity index (χ2v) is 6.59. The molecule has 1 atom stereocenters. The molecule has 0 N–H and O–H groups in total. The van der Waals surface area contributed by atoms with E-state index in [1.807, 2.05) is 21.8 Å². The molecule has 4 rings (SSSR count). The van der Waals surface area contributed by atoms with E-state index in [1.165, 1.54) is 25.5 Å². The molecular formula is C17H22N4O2. The number of amides is 1. The van der Waals surface area contributed by atoms with E-state index in [2.05, 4.69) is 10.1 Å². The number of hydrogen-bond donors (Lipinski definition) is 0. The number of aromatic nitrogens is 3. The van der Waals surface area contributed by atoms with E-state index in [0.29, 0.717) is 18.2 Å². The third kappa shape index (κ3) is 2.90. The molecule has 2 aromatic rings. The minimum absolute atomic E-state index is 0.0227. The topological polar surface area (TPSA) is 64.2 Å². The molecule has 1 saturated heterocycles. The fourth-order valence-corrected chi connectivity index (χ4v) is 3.72. The van der Waals surface area contributed by atoms with Crippen molar-refractivity contribution < 1.29 is 9.21 Å². The average molecular weight is 314 g/mol. The number of carbonyl (C=O) groups excluding carboxylic acids is 1. The molecule has 122 valence electrons. The second-order valence-electron chi connectivity index (χ2n) is 6.59. The van der Waals surface area contributed by atoms with E-state index < -0.39 is 0 Å². The van der Waals surface area contributed by atoms with Gasteiger partial charge in [-0.3, -0.25) is 9.48 Å². The Hall–Kier alpha value is -2.11. The Labute approximate surface area is 135 Å². The Morgan fingerprint density at radius 3 is 2.87 bits per heavy atom. The second kappa shape index (κ2) is 6.18. The summed E-state index contributed by atoms with van der Waals surface area (Å²) in [5.74, 6) is 1.11. The maximum Gasteiger partial charge on any atom is 0.275 e. The van der Waals surface area contributed by atoms with Crippen molar-refractivity contribution in [1.82, 2.24) is 19.7 Å². The summed E-state index contributed by atoms with van der Waals surface area (Å²) in [6.07, 6.45) is 12.2. The highest BCUT2D eigenvalue weighted by molar-refractivity contribution is 5.92. The van der Waals surface area contributed by atoms with Gasteiger partial charge in [-0.2, -0.15) is 5.10 Å². The van der Waals surface area contributed by atoms with Gasteiger partial charge in [0.2, 0.25) is 0 Å². The maximum absolute atomic E-state index is 12.6. The minimum Gasteiger partial charge on any atom is -0.448 e. The summed E-state index contributed by atoms with van der Waals surface area (Å²) in [6, 6.07) is 2.18. The van der Waals surface area contributed by atoms with Crippen molar-refractivity contribution in [1.29, 1.82) is 0 Å². The molecule has 1 aliphatic heterocycles. The van der Waals surface area contributed by atoms with Gasteiger partial charge in [-0.1, -0.05) is 19.3 Å². The van der Waals surface area contributed by atoms with Gasteiger partial charge < -0.3 is 9.32 Å². The standard InChI is InChI=1S/C17H22N4O2/c22-17(20-10-7-14(11-20)21-9-4-8-18-21)15-12-23-16(19-15)13-5-2-1-3-6-13/h4,8-9,12-14H,1-3,5-7,10-11H2. The molecule has 6 heteroatoms. The fraction of sp³-hybridized carbons (Fsp3) is 0.588. The lowest BCUT2D eigenvalue weighted by Crippen LogP contribution is -2.29. The van der Waals surface area contributed by atoms with Crippen molar-refractivity contribution in [3.63, 3.8) is 0 Å². The summed E-state index contributed by atoms with van der Waals surface area (Å²) in [5, 5.41) is 4.27. The molecule has 1 unspecified atom stereocenters. The van der Waals surface area contributed by atoms with Crippen LogP contribution < -0.4 is 0 Å². The Kier molecular flexibility index (Phi) is 3.89. The van der Waals surface area contributed by atoms with Gasteiger partial charge in [-0.15, -0.1) is 0 Å². The van der Waals surface area contributed by atoms with Crippen LogP contribution >= 0.6 is 0 Å². The minimum atomic E-state index is -0.0227. The van der Waals surface area contributed by atoms with Crippen molar-refractivity contribution in [2.75, 3.05) is 13.1 Å². The van der Waals surface area contributed by atoms with Crippen molar-refractivity contribution in [3.05, 3.63) is 36.3 Å². The summed E-state index contributed by atoms with van der Waals surface area (Å²) < 4.78 is 7.54. The summed E-state index contributed by atoms with van der Waals surface area (Å²) in [7, 11) is 0. The highest BCUT2D eigenvalue weighted by Gasteiger charge is 2.30. The number of nitrogens with zero attached hydrogens (tertiary/aromatic N) is 4. The van der Waals surface area contributed by atoms with E-state index >= 15 is 0 Å². The molecule has 1 saturated carbocycles. The molecule has 0 radical (unpaired) electrons. The van der Waals surface area contributed by atoms with Gasteiger partial charge >= 0.3 is 0 Å². The van der Waals surface area contributed by atoms with Crippen LogP contribution in [0.25, 0.3) is 0 Å². The smallest absolute Gasteiger partial charge is 0.275 e. The lowest BCUT2D eigenvalue weighted by molar-refractivity contribution is 0.0781. The van der Waals surface area contributed by atoms with E-state index in [-0.39, 0.29) is 11.9 Å². The van der Waals surface area contributed by atoms with Crippen LogP contribution in [0.4, 0.5) is 0 Å². The van der Waals surface area contributed by atoms with Crippen molar-refractivity contribution in [2.24, 2.45) is 0 Å². The van der Waals surface area contributed by atoms with Crippen LogP contribution in [-0.2, 0) is 0 Å². The van der Waals surface area contributed by atoms with E-state index in [4.69, 9.17) is 4.42 Å². The lowest BCUT2D eigenvalue weighted by atomic mass is 9.89. The summed E-state index contributed by atoms with van der Waals surface area (Å²) in [4.78, 5) is 19.0. The molecule has 1 aliphatic carbocycles. The zero-order valence-corrected chi connectivity index (χ0v) is 13.2. The molecule has 3 heterocycles. The number of carbonyl (C=O) groups is 1. The molecule has 0 aromatic carbocycles. The van der Waals surface area contributed by atoms with Crippen LogP contribution in [-0.4, -0.2) is 38.7 Å². The molecule has 2 aliphatic rings. The SMILES string of the molecule is O=C(c1coc(C2CCCCC2)n1)N1CCC(n2cccn2)C1. The maximum atomic E-state index is 12.6. The van der Waals surface area contributed by atoms with E-state index in [9.17, 15) is 4.79 Å². The fourth-order valence-electron chi connectivity index (χ4n) is 3.72. The van der Waals surface area contributed by atoms with Gasteiger partial charge in [0.25, 0.3) is 5.91 Å². The molecule has 23 heavy (non-hydrogen) atoms. The first-order valence-electron chi connectivity index (χ1n) is 8.55. The predicted octanol–water partition coefficient (Wildman–Crippen LogP) is 3.01. The third-order valence-corrected chi connectivity index (χ3v) is 5.05. The molecule has 0 spiro atoms.